The van der Waals surface area contributed by atoms with E-state index >= 15 is 0 Å². The van der Waals surface area contributed by atoms with Crippen LogP contribution in [0.25, 0.3) is 0 Å². The van der Waals surface area contributed by atoms with Crippen LogP contribution in [0.2, 0.25) is 0 Å². The lowest BCUT2D eigenvalue weighted by molar-refractivity contribution is 0.0775. The fourth-order valence-corrected chi connectivity index (χ4v) is 1.58. The van der Waals surface area contributed by atoms with Crippen LogP contribution in [0.5, 0.6) is 0 Å². The highest BCUT2D eigenvalue weighted by molar-refractivity contribution is 5.94. The van der Waals surface area contributed by atoms with Gasteiger partial charge in [0.15, 0.2) is 0 Å². The van der Waals surface area contributed by atoms with Gasteiger partial charge in [-0.15, -0.1) is 0 Å². The SMILES string of the molecule is CCC(C)CN(C)C(=O)c1ccc(F)c(N)c1. The number of nitrogens with two attached hydrogens (primary N) is 1. The second kappa shape index (κ2) is 5.66. The van der Waals surface area contributed by atoms with Gasteiger partial charge >= 0.3 is 0 Å². The number of rotatable bonds is 4. The Bertz CT molecular complexity index is 406. The molecule has 2 N–H and O–H groups in total. The van der Waals surface area contributed by atoms with Crippen molar-refractivity contribution in [2.45, 2.75) is 20.3 Å². The minimum Gasteiger partial charge on any atom is -0.396 e. The van der Waals surface area contributed by atoms with E-state index in [0.717, 1.165) is 6.42 Å². The molecule has 1 aromatic carbocycles. The Labute approximate surface area is 101 Å². The lowest BCUT2D eigenvalue weighted by Crippen LogP contribution is -2.30. The minimum atomic E-state index is -0.494. The van der Waals surface area contributed by atoms with Gasteiger partial charge in [-0.1, -0.05) is 20.3 Å². The first kappa shape index (κ1) is 13.5. The number of amides is 1. The summed E-state index contributed by atoms with van der Waals surface area (Å²) in [5.74, 6) is -0.176. The molecule has 1 unspecified atom stereocenters. The number of halogens is 1. The van der Waals surface area contributed by atoms with Gasteiger partial charge in [0.25, 0.3) is 5.91 Å². The molecule has 1 atom stereocenters. The number of anilines is 1. The zero-order valence-electron chi connectivity index (χ0n) is 10.5. The summed E-state index contributed by atoms with van der Waals surface area (Å²) in [5, 5.41) is 0. The Hall–Kier alpha value is -1.58. The summed E-state index contributed by atoms with van der Waals surface area (Å²) in [6.07, 6.45) is 1.02. The van der Waals surface area contributed by atoms with Crippen LogP contribution < -0.4 is 5.73 Å². The van der Waals surface area contributed by atoms with Crippen LogP contribution >= 0.6 is 0 Å². The lowest BCUT2D eigenvalue weighted by atomic mass is 10.1. The Morgan fingerprint density at radius 1 is 1.53 bits per heavy atom. The van der Waals surface area contributed by atoms with Crippen molar-refractivity contribution in [1.29, 1.82) is 0 Å². The van der Waals surface area contributed by atoms with Crippen LogP contribution in [0.3, 0.4) is 0 Å². The first-order valence-electron chi connectivity index (χ1n) is 5.76. The molecule has 0 aliphatic rings. The first-order chi connectivity index (χ1) is 7.95. The molecule has 0 bridgehead atoms. The van der Waals surface area contributed by atoms with Crippen molar-refractivity contribution in [2.75, 3.05) is 19.3 Å². The molecule has 0 saturated carbocycles. The highest BCUT2D eigenvalue weighted by atomic mass is 19.1. The highest BCUT2D eigenvalue weighted by Crippen LogP contribution is 2.14. The monoisotopic (exact) mass is 238 g/mol. The van der Waals surface area contributed by atoms with Gasteiger partial charge in [-0.2, -0.15) is 0 Å². The van der Waals surface area contributed by atoms with Crippen LogP contribution in [0.4, 0.5) is 10.1 Å². The minimum absolute atomic E-state index is 0.00721. The van der Waals surface area contributed by atoms with Gasteiger partial charge in [-0.3, -0.25) is 4.79 Å². The van der Waals surface area contributed by atoms with Crippen molar-refractivity contribution in [3.63, 3.8) is 0 Å². The Kier molecular flexibility index (Phi) is 4.49. The second-order valence-electron chi connectivity index (χ2n) is 4.44. The predicted molar refractivity (Wildman–Crippen MR) is 67.2 cm³/mol. The van der Waals surface area contributed by atoms with E-state index in [1.165, 1.54) is 18.2 Å². The van der Waals surface area contributed by atoms with Crippen LogP contribution in [0, 0.1) is 11.7 Å². The highest BCUT2D eigenvalue weighted by Gasteiger charge is 2.14. The topological polar surface area (TPSA) is 46.3 Å². The van der Waals surface area contributed by atoms with Crippen molar-refractivity contribution in [2.24, 2.45) is 5.92 Å². The normalized spacial score (nSPS) is 12.2. The molecule has 0 radical (unpaired) electrons. The van der Waals surface area contributed by atoms with Crippen molar-refractivity contribution in [1.82, 2.24) is 4.90 Å². The zero-order chi connectivity index (χ0) is 13.0. The van der Waals surface area contributed by atoms with Crippen molar-refractivity contribution in [3.05, 3.63) is 29.6 Å². The van der Waals surface area contributed by atoms with Gasteiger partial charge < -0.3 is 10.6 Å². The summed E-state index contributed by atoms with van der Waals surface area (Å²) in [4.78, 5) is 13.6. The molecule has 0 heterocycles. The fraction of sp³-hybridized carbons (Fsp3) is 0.462. The van der Waals surface area contributed by atoms with Crippen LogP contribution in [-0.4, -0.2) is 24.4 Å². The van der Waals surface area contributed by atoms with Crippen molar-refractivity contribution in [3.8, 4) is 0 Å². The summed E-state index contributed by atoms with van der Waals surface area (Å²) in [6.45, 7) is 4.86. The number of carbonyl (C=O) groups is 1. The van der Waals surface area contributed by atoms with E-state index in [9.17, 15) is 9.18 Å². The molecule has 0 fully saturated rings. The largest absolute Gasteiger partial charge is 0.396 e. The molecular weight excluding hydrogens is 219 g/mol. The Morgan fingerprint density at radius 3 is 2.71 bits per heavy atom. The third kappa shape index (κ3) is 3.44. The van der Waals surface area contributed by atoms with Gasteiger partial charge in [0.1, 0.15) is 5.82 Å². The summed E-state index contributed by atoms with van der Waals surface area (Å²) < 4.78 is 13.0. The van der Waals surface area contributed by atoms with E-state index in [1.54, 1.807) is 11.9 Å². The molecule has 1 amide bonds. The molecule has 4 heteroatoms. The van der Waals surface area contributed by atoms with E-state index in [0.29, 0.717) is 18.0 Å². The summed E-state index contributed by atoms with van der Waals surface area (Å²) in [7, 11) is 1.74. The molecule has 0 spiro atoms. The van der Waals surface area contributed by atoms with Gasteiger partial charge in [-0.25, -0.2) is 4.39 Å². The maximum Gasteiger partial charge on any atom is 0.253 e. The smallest absolute Gasteiger partial charge is 0.253 e. The maximum absolute atomic E-state index is 13.0. The molecule has 3 nitrogen and oxygen atoms in total. The van der Waals surface area contributed by atoms with E-state index in [2.05, 4.69) is 13.8 Å². The first-order valence-corrected chi connectivity index (χ1v) is 5.76. The van der Waals surface area contributed by atoms with Crippen LogP contribution in [0.1, 0.15) is 30.6 Å². The fourth-order valence-electron chi connectivity index (χ4n) is 1.58. The van der Waals surface area contributed by atoms with Gasteiger partial charge in [0.2, 0.25) is 0 Å². The second-order valence-corrected chi connectivity index (χ2v) is 4.44. The maximum atomic E-state index is 13.0. The molecule has 0 aliphatic heterocycles. The third-order valence-corrected chi connectivity index (χ3v) is 2.87. The van der Waals surface area contributed by atoms with Crippen molar-refractivity contribution < 1.29 is 9.18 Å². The Balaban J connectivity index is 2.78. The van der Waals surface area contributed by atoms with Gasteiger partial charge in [0.05, 0.1) is 5.69 Å². The zero-order valence-corrected chi connectivity index (χ0v) is 10.5. The van der Waals surface area contributed by atoms with E-state index in [1.807, 2.05) is 0 Å². The average molecular weight is 238 g/mol. The number of hydrogen-bond acceptors (Lipinski definition) is 2. The number of benzene rings is 1. The number of hydrogen-bond donors (Lipinski definition) is 1. The lowest BCUT2D eigenvalue weighted by Gasteiger charge is -2.21. The van der Waals surface area contributed by atoms with Gasteiger partial charge in [-0.05, 0) is 24.1 Å². The Morgan fingerprint density at radius 2 is 2.18 bits per heavy atom. The number of nitrogens with zero attached hydrogens (tertiary/aromatic N) is 1. The number of nitrogen functional groups attached to an aromatic ring is 1. The van der Waals surface area contributed by atoms with E-state index in [4.69, 9.17) is 5.73 Å². The quantitative estimate of drug-likeness (QED) is 0.819. The summed E-state index contributed by atoms with van der Waals surface area (Å²) in [6, 6.07) is 4.06. The molecule has 1 aromatic rings. The van der Waals surface area contributed by atoms with Crippen LogP contribution in [-0.2, 0) is 0 Å². The van der Waals surface area contributed by atoms with Crippen LogP contribution in [0.15, 0.2) is 18.2 Å². The van der Waals surface area contributed by atoms with Gasteiger partial charge in [0, 0.05) is 19.2 Å². The third-order valence-electron chi connectivity index (χ3n) is 2.87. The number of carbonyl (C=O) groups excluding carboxylic acids is 1. The molecule has 0 aromatic heterocycles. The molecular formula is C13H19FN2O. The summed E-state index contributed by atoms with van der Waals surface area (Å²) in [5.41, 5.74) is 5.87. The average Bonchev–Trinajstić information content (AvgIpc) is 2.31. The summed E-state index contributed by atoms with van der Waals surface area (Å²) >= 11 is 0. The van der Waals surface area contributed by atoms with E-state index in [-0.39, 0.29) is 11.6 Å². The molecule has 0 saturated heterocycles. The standard InChI is InChI=1S/C13H19FN2O/c1-4-9(2)8-16(3)13(17)10-5-6-11(14)12(15)7-10/h5-7,9H,4,8,15H2,1-3H3. The molecule has 0 aliphatic carbocycles. The molecule has 94 valence electrons. The van der Waals surface area contributed by atoms with Crippen molar-refractivity contribution >= 4 is 11.6 Å². The predicted octanol–water partition coefficient (Wildman–Crippen LogP) is 2.53. The molecule has 17 heavy (non-hydrogen) atoms. The van der Waals surface area contributed by atoms with E-state index < -0.39 is 5.82 Å². The molecule has 1 rings (SSSR count).